The minimum absolute atomic E-state index is 0.516. The van der Waals surface area contributed by atoms with Crippen LogP contribution < -0.4 is 10.4 Å². The van der Waals surface area contributed by atoms with Crippen LogP contribution in [0.4, 0.5) is 5.82 Å². The van der Waals surface area contributed by atoms with Crippen LogP contribution in [0.5, 0.6) is 0 Å². The Morgan fingerprint density at radius 3 is 2.61 bits per heavy atom. The second-order valence-corrected chi connectivity index (χ2v) is 6.07. The van der Waals surface area contributed by atoms with E-state index < -0.39 is 0 Å². The number of hydrogen-bond acceptors (Lipinski definition) is 4. The number of nitrogens with zero attached hydrogens (tertiary/aromatic N) is 4. The van der Waals surface area contributed by atoms with Crippen LogP contribution in [0.3, 0.4) is 0 Å². The Hall–Kier alpha value is -2.14. The van der Waals surface area contributed by atoms with E-state index in [-0.39, 0.29) is 0 Å². The molecule has 1 saturated heterocycles. The maximum absolute atomic E-state index is 8.61. The fourth-order valence-corrected chi connectivity index (χ4v) is 3.12. The highest BCUT2D eigenvalue weighted by atomic mass is 15.3. The van der Waals surface area contributed by atoms with Crippen molar-refractivity contribution in [3.8, 4) is 0 Å². The number of nitrogens with one attached hydrogen (secondary N) is 1. The second kappa shape index (κ2) is 6.54. The Balaban J connectivity index is 2.12. The molecule has 1 aromatic carbocycles. The van der Waals surface area contributed by atoms with Crippen molar-refractivity contribution in [3.05, 3.63) is 35.3 Å². The molecule has 0 saturated carbocycles. The van der Waals surface area contributed by atoms with Crippen LogP contribution in [0.2, 0.25) is 0 Å². The third kappa shape index (κ3) is 3.01. The van der Waals surface area contributed by atoms with E-state index >= 15 is 0 Å². The van der Waals surface area contributed by atoms with Crippen molar-refractivity contribution in [1.29, 1.82) is 5.41 Å². The molecule has 0 radical (unpaired) electrons. The number of likely N-dealkylation sites (N-methyl/N-ethyl adjacent to an activating group) is 1. The predicted octanol–water partition coefficient (Wildman–Crippen LogP) is 2.32. The fraction of sp³-hybridized carbons (Fsp3) is 0.444. The van der Waals surface area contributed by atoms with Gasteiger partial charge in [0.2, 0.25) is 0 Å². The van der Waals surface area contributed by atoms with Gasteiger partial charge < -0.3 is 14.4 Å². The van der Waals surface area contributed by atoms with E-state index in [0.717, 1.165) is 55.1 Å². The molecule has 23 heavy (non-hydrogen) atoms. The highest BCUT2D eigenvalue weighted by Gasteiger charge is 2.18. The van der Waals surface area contributed by atoms with Crippen LogP contribution in [0.1, 0.15) is 19.4 Å². The van der Waals surface area contributed by atoms with E-state index in [1.54, 1.807) is 0 Å². The van der Waals surface area contributed by atoms with E-state index in [0.29, 0.717) is 5.49 Å². The van der Waals surface area contributed by atoms with Crippen LogP contribution in [-0.4, -0.2) is 47.7 Å². The molecule has 1 N–H and O–H groups in total. The lowest BCUT2D eigenvalue weighted by molar-refractivity contribution is 0.311. The van der Waals surface area contributed by atoms with Crippen molar-refractivity contribution < 1.29 is 0 Å². The van der Waals surface area contributed by atoms with E-state index in [1.165, 1.54) is 0 Å². The summed E-state index contributed by atoms with van der Waals surface area (Å²) in [6.45, 7) is 8.79. The molecule has 0 bridgehead atoms. The molecule has 122 valence electrons. The lowest BCUT2D eigenvalue weighted by Gasteiger charge is -2.33. The lowest BCUT2D eigenvalue weighted by Crippen LogP contribution is -2.47. The number of piperazine rings is 1. The molecular weight excluding hydrogens is 286 g/mol. The highest BCUT2D eigenvalue weighted by molar-refractivity contribution is 5.79. The Kier molecular flexibility index (Phi) is 4.48. The first-order valence-electron chi connectivity index (χ1n) is 8.29. The topological polar surface area (TPSA) is 48.2 Å². The van der Waals surface area contributed by atoms with Crippen molar-refractivity contribution in [1.82, 2.24) is 14.5 Å². The Labute approximate surface area is 137 Å². The van der Waals surface area contributed by atoms with Gasteiger partial charge in [0.25, 0.3) is 0 Å². The first kappa shape index (κ1) is 15.7. The molecule has 1 aliphatic heterocycles. The fourth-order valence-electron chi connectivity index (χ4n) is 3.12. The molecule has 0 unspecified atom stereocenters. The molecule has 0 atom stereocenters. The number of fused-ring (bicyclic) bond motifs is 1. The summed E-state index contributed by atoms with van der Waals surface area (Å²) in [5.41, 5.74) is 3.66. The van der Waals surface area contributed by atoms with Crippen LogP contribution in [-0.2, 0) is 6.54 Å². The first-order valence-corrected chi connectivity index (χ1v) is 8.29. The summed E-state index contributed by atoms with van der Waals surface area (Å²) in [5.74, 6) is 0.811. The summed E-state index contributed by atoms with van der Waals surface area (Å²) < 4.78 is 2.06. The van der Waals surface area contributed by atoms with E-state index in [9.17, 15) is 0 Å². The minimum atomic E-state index is 0.516. The van der Waals surface area contributed by atoms with Gasteiger partial charge in [-0.25, -0.2) is 4.98 Å². The van der Waals surface area contributed by atoms with Gasteiger partial charge in [0, 0.05) is 32.7 Å². The number of anilines is 1. The normalized spacial score (nSPS) is 16.6. The number of allylic oxidation sites excluding steroid dienone is 1. The summed E-state index contributed by atoms with van der Waals surface area (Å²) in [6, 6.07) is 6.28. The monoisotopic (exact) mass is 311 g/mol. The SMILES string of the molecule is C/C=C/c1ccc2nc(N3CCN(C)CC3)c(=N)n(CC)c2c1. The van der Waals surface area contributed by atoms with Gasteiger partial charge in [0.05, 0.1) is 11.0 Å². The molecule has 2 aromatic rings. The van der Waals surface area contributed by atoms with Crippen LogP contribution in [0.25, 0.3) is 17.1 Å². The first-order chi connectivity index (χ1) is 11.1. The van der Waals surface area contributed by atoms with Gasteiger partial charge >= 0.3 is 0 Å². The molecular formula is C18H25N5. The van der Waals surface area contributed by atoms with Gasteiger partial charge in [-0.3, -0.25) is 5.41 Å². The Morgan fingerprint density at radius 2 is 1.96 bits per heavy atom. The summed E-state index contributed by atoms with van der Waals surface area (Å²) in [4.78, 5) is 9.37. The second-order valence-electron chi connectivity index (χ2n) is 6.07. The number of benzene rings is 1. The van der Waals surface area contributed by atoms with E-state index in [4.69, 9.17) is 10.4 Å². The summed E-state index contributed by atoms with van der Waals surface area (Å²) in [7, 11) is 2.14. The molecule has 0 spiro atoms. The van der Waals surface area contributed by atoms with Crippen molar-refractivity contribution in [2.45, 2.75) is 20.4 Å². The predicted molar refractivity (Wildman–Crippen MR) is 95.7 cm³/mol. The van der Waals surface area contributed by atoms with Crippen LogP contribution in [0, 0.1) is 5.41 Å². The van der Waals surface area contributed by atoms with Gasteiger partial charge in [-0.05, 0) is 38.6 Å². The molecule has 0 amide bonds. The number of rotatable bonds is 3. The maximum atomic E-state index is 8.61. The summed E-state index contributed by atoms with van der Waals surface area (Å²) in [6.07, 6.45) is 4.11. The number of aromatic nitrogens is 2. The molecule has 5 heteroatoms. The van der Waals surface area contributed by atoms with Crippen LogP contribution >= 0.6 is 0 Å². The van der Waals surface area contributed by atoms with Gasteiger partial charge in [0.15, 0.2) is 11.3 Å². The highest BCUT2D eigenvalue weighted by Crippen LogP contribution is 2.18. The van der Waals surface area contributed by atoms with Gasteiger partial charge in [-0.15, -0.1) is 0 Å². The van der Waals surface area contributed by atoms with Crippen molar-refractivity contribution in [3.63, 3.8) is 0 Å². The Bertz CT molecular complexity index is 782. The maximum Gasteiger partial charge on any atom is 0.172 e. The average Bonchev–Trinajstić information content (AvgIpc) is 2.56. The molecule has 5 nitrogen and oxygen atoms in total. The zero-order chi connectivity index (χ0) is 16.4. The van der Waals surface area contributed by atoms with Gasteiger partial charge in [0.1, 0.15) is 0 Å². The summed E-state index contributed by atoms with van der Waals surface area (Å²) >= 11 is 0. The largest absolute Gasteiger partial charge is 0.351 e. The van der Waals surface area contributed by atoms with E-state index in [1.807, 2.05) is 13.0 Å². The zero-order valence-electron chi connectivity index (χ0n) is 14.2. The molecule has 1 aliphatic rings. The molecule has 1 aromatic heterocycles. The Morgan fingerprint density at radius 1 is 1.22 bits per heavy atom. The molecule has 0 aliphatic carbocycles. The van der Waals surface area contributed by atoms with Crippen molar-refractivity contribution in [2.24, 2.45) is 0 Å². The average molecular weight is 311 g/mol. The molecule has 1 fully saturated rings. The van der Waals surface area contributed by atoms with Crippen molar-refractivity contribution in [2.75, 3.05) is 38.1 Å². The summed E-state index contributed by atoms with van der Waals surface area (Å²) in [5, 5.41) is 8.61. The lowest BCUT2D eigenvalue weighted by atomic mass is 10.1. The van der Waals surface area contributed by atoms with Gasteiger partial charge in [-0.2, -0.15) is 0 Å². The third-order valence-electron chi connectivity index (χ3n) is 4.48. The van der Waals surface area contributed by atoms with Crippen molar-refractivity contribution >= 4 is 22.9 Å². The quantitative estimate of drug-likeness (QED) is 0.946. The number of hydrogen-bond donors (Lipinski definition) is 1. The number of aryl methyl sites for hydroxylation is 1. The zero-order valence-corrected chi connectivity index (χ0v) is 14.2. The molecule has 2 heterocycles. The van der Waals surface area contributed by atoms with Crippen LogP contribution in [0.15, 0.2) is 24.3 Å². The smallest absolute Gasteiger partial charge is 0.172 e. The van der Waals surface area contributed by atoms with Gasteiger partial charge in [-0.1, -0.05) is 18.2 Å². The molecule has 3 rings (SSSR count). The standard InChI is InChI=1S/C18H25N5/c1-4-6-14-7-8-15-16(13-14)23(5-2)17(19)18(20-15)22-11-9-21(3)10-12-22/h4,6-8,13,19H,5,9-12H2,1-3H3/b6-4+,19-17?. The van der Waals surface area contributed by atoms with E-state index in [2.05, 4.69) is 52.6 Å². The minimum Gasteiger partial charge on any atom is -0.351 e. The third-order valence-corrected chi connectivity index (χ3v) is 4.48.